The van der Waals surface area contributed by atoms with E-state index < -0.39 is 0 Å². The van der Waals surface area contributed by atoms with Gasteiger partial charge in [0.25, 0.3) is 0 Å². The summed E-state index contributed by atoms with van der Waals surface area (Å²) >= 11 is 7.73. The molecule has 0 aliphatic carbocycles. The summed E-state index contributed by atoms with van der Waals surface area (Å²) < 4.78 is 5.69. The SMILES string of the molecule is CC1Cc2cc(C(N)c3sccc3Cl)ccc2O1. The van der Waals surface area contributed by atoms with Crippen LogP contribution in [0.25, 0.3) is 0 Å². The number of nitrogens with two attached hydrogens (primary N) is 1. The van der Waals surface area contributed by atoms with Crippen LogP contribution in [0.5, 0.6) is 5.75 Å². The molecule has 0 bridgehead atoms. The molecule has 2 atom stereocenters. The highest BCUT2D eigenvalue weighted by Gasteiger charge is 2.21. The summed E-state index contributed by atoms with van der Waals surface area (Å²) in [5.41, 5.74) is 8.61. The van der Waals surface area contributed by atoms with Crippen LogP contribution in [0, 0.1) is 0 Å². The maximum Gasteiger partial charge on any atom is 0.123 e. The number of hydrogen-bond donors (Lipinski definition) is 1. The first-order valence-electron chi connectivity index (χ1n) is 5.93. The number of ether oxygens (including phenoxy) is 1. The van der Waals surface area contributed by atoms with Gasteiger partial charge < -0.3 is 10.5 Å². The Morgan fingerprint density at radius 2 is 2.28 bits per heavy atom. The second-order valence-corrected chi connectivity index (χ2v) is 5.97. The van der Waals surface area contributed by atoms with E-state index in [4.69, 9.17) is 22.1 Å². The molecule has 2 heterocycles. The van der Waals surface area contributed by atoms with Crippen molar-refractivity contribution in [2.24, 2.45) is 5.73 Å². The zero-order valence-electron chi connectivity index (χ0n) is 10.0. The highest BCUT2D eigenvalue weighted by atomic mass is 35.5. The van der Waals surface area contributed by atoms with Gasteiger partial charge >= 0.3 is 0 Å². The third kappa shape index (κ3) is 2.03. The van der Waals surface area contributed by atoms with Crippen molar-refractivity contribution in [1.29, 1.82) is 0 Å². The molecule has 0 fully saturated rings. The van der Waals surface area contributed by atoms with Crippen LogP contribution in [0.2, 0.25) is 5.02 Å². The van der Waals surface area contributed by atoms with Crippen molar-refractivity contribution in [2.75, 3.05) is 0 Å². The highest BCUT2D eigenvalue weighted by molar-refractivity contribution is 7.10. The molecule has 2 N–H and O–H groups in total. The maximum absolute atomic E-state index is 6.28. The third-order valence-electron chi connectivity index (χ3n) is 3.21. The second kappa shape index (κ2) is 4.57. The van der Waals surface area contributed by atoms with E-state index >= 15 is 0 Å². The summed E-state index contributed by atoms with van der Waals surface area (Å²) in [5, 5.41) is 2.72. The van der Waals surface area contributed by atoms with E-state index in [1.54, 1.807) is 11.3 Å². The summed E-state index contributed by atoms with van der Waals surface area (Å²) in [7, 11) is 0. The molecule has 1 aromatic heterocycles. The minimum absolute atomic E-state index is 0.154. The predicted molar refractivity (Wildman–Crippen MR) is 75.6 cm³/mol. The van der Waals surface area contributed by atoms with E-state index in [0.717, 1.165) is 27.6 Å². The van der Waals surface area contributed by atoms with E-state index in [9.17, 15) is 0 Å². The standard InChI is InChI=1S/C14H14ClNOS/c1-8-6-10-7-9(2-3-12(10)17-8)13(16)14-11(15)4-5-18-14/h2-5,7-8,13H,6,16H2,1H3. The molecule has 18 heavy (non-hydrogen) atoms. The molecule has 1 aliphatic heterocycles. The predicted octanol–water partition coefficient (Wildman–Crippen LogP) is 3.77. The van der Waals surface area contributed by atoms with Gasteiger partial charge in [-0.15, -0.1) is 11.3 Å². The van der Waals surface area contributed by atoms with Crippen molar-refractivity contribution in [2.45, 2.75) is 25.5 Å². The lowest BCUT2D eigenvalue weighted by Crippen LogP contribution is -2.10. The summed E-state index contributed by atoms with van der Waals surface area (Å²) in [6.45, 7) is 2.08. The molecule has 1 aromatic carbocycles. The molecule has 4 heteroatoms. The van der Waals surface area contributed by atoms with Crippen LogP contribution in [-0.2, 0) is 6.42 Å². The van der Waals surface area contributed by atoms with Crippen LogP contribution in [-0.4, -0.2) is 6.10 Å². The van der Waals surface area contributed by atoms with Gasteiger partial charge in [0.15, 0.2) is 0 Å². The van der Waals surface area contributed by atoms with Gasteiger partial charge in [0.2, 0.25) is 0 Å². The zero-order chi connectivity index (χ0) is 12.7. The second-order valence-electron chi connectivity index (χ2n) is 4.61. The lowest BCUT2D eigenvalue weighted by atomic mass is 10.0. The Morgan fingerprint density at radius 1 is 1.44 bits per heavy atom. The molecule has 0 saturated heterocycles. The molecule has 0 saturated carbocycles. The van der Waals surface area contributed by atoms with Crippen molar-refractivity contribution < 1.29 is 4.74 Å². The summed E-state index contributed by atoms with van der Waals surface area (Å²) in [6, 6.07) is 7.91. The van der Waals surface area contributed by atoms with E-state index in [0.29, 0.717) is 0 Å². The lowest BCUT2D eigenvalue weighted by Gasteiger charge is -2.12. The highest BCUT2D eigenvalue weighted by Crippen LogP contribution is 2.35. The van der Waals surface area contributed by atoms with Crippen molar-refractivity contribution in [3.05, 3.63) is 50.7 Å². The molecule has 0 radical (unpaired) electrons. The first-order chi connectivity index (χ1) is 8.65. The van der Waals surface area contributed by atoms with Gasteiger partial charge in [0, 0.05) is 11.3 Å². The van der Waals surface area contributed by atoms with Crippen molar-refractivity contribution >= 4 is 22.9 Å². The molecule has 2 unspecified atom stereocenters. The van der Waals surface area contributed by atoms with Crippen LogP contribution in [0.3, 0.4) is 0 Å². The topological polar surface area (TPSA) is 35.2 Å². The number of hydrogen-bond acceptors (Lipinski definition) is 3. The summed E-state index contributed by atoms with van der Waals surface area (Å²) in [5.74, 6) is 0.982. The van der Waals surface area contributed by atoms with Crippen LogP contribution < -0.4 is 10.5 Å². The molecule has 0 amide bonds. The Balaban J connectivity index is 1.94. The van der Waals surface area contributed by atoms with Crippen LogP contribution in [0.15, 0.2) is 29.6 Å². The van der Waals surface area contributed by atoms with E-state index in [-0.39, 0.29) is 12.1 Å². The maximum atomic E-state index is 6.28. The minimum Gasteiger partial charge on any atom is -0.490 e. The Morgan fingerprint density at radius 3 is 3.00 bits per heavy atom. The largest absolute Gasteiger partial charge is 0.490 e. The number of benzene rings is 1. The number of thiophene rings is 1. The minimum atomic E-state index is -0.154. The molecule has 3 rings (SSSR count). The van der Waals surface area contributed by atoms with Gasteiger partial charge in [-0.05, 0) is 35.6 Å². The Labute approximate surface area is 115 Å². The van der Waals surface area contributed by atoms with Crippen LogP contribution in [0.1, 0.15) is 29.0 Å². The normalized spacial score (nSPS) is 19.4. The fourth-order valence-electron chi connectivity index (χ4n) is 2.31. The molecule has 0 spiro atoms. The number of fused-ring (bicyclic) bond motifs is 1. The van der Waals surface area contributed by atoms with E-state index in [1.807, 2.05) is 23.6 Å². The van der Waals surface area contributed by atoms with Gasteiger partial charge in [0.1, 0.15) is 11.9 Å². The summed E-state index contributed by atoms with van der Waals surface area (Å²) in [4.78, 5) is 1.02. The Kier molecular flexibility index (Phi) is 3.06. The first-order valence-corrected chi connectivity index (χ1v) is 7.19. The fraction of sp³-hybridized carbons (Fsp3) is 0.286. The van der Waals surface area contributed by atoms with Gasteiger partial charge in [-0.1, -0.05) is 23.7 Å². The average molecular weight is 280 g/mol. The van der Waals surface area contributed by atoms with E-state index in [2.05, 4.69) is 13.0 Å². The van der Waals surface area contributed by atoms with Gasteiger partial charge in [-0.3, -0.25) is 0 Å². The van der Waals surface area contributed by atoms with Crippen molar-refractivity contribution in [3.8, 4) is 5.75 Å². The summed E-state index contributed by atoms with van der Waals surface area (Å²) in [6.07, 6.45) is 1.21. The number of halogens is 1. The van der Waals surface area contributed by atoms with Gasteiger partial charge in [-0.2, -0.15) is 0 Å². The third-order valence-corrected chi connectivity index (χ3v) is 4.65. The zero-order valence-corrected chi connectivity index (χ0v) is 11.6. The molecule has 94 valence electrons. The smallest absolute Gasteiger partial charge is 0.123 e. The fourth-order valence-corrected chi connectivity index (χ4v) is 3.52. The van der Waals surface area contributed by atoms with Crippen molar-refractivity contribution in [3.63, 3.8) is 0 Å². The van der Waals surface area contributed by atoms with Gasteiger partial charge in [-0.25, -0.2) is 0 Å². The molecular formula is C14H14ClNOS. The lowest BCUT2D eigenvalue weighted by molar-refractivity contribution is 0.254. The van der Waals surface area contributed by atoms with E-state index in [1.165, 1.54) is 5.56 Å². The molecule has 2 nitrogen and oxygen atoms in total. The number of rotatable bonds is 2. The quantitative estimate of drug-likeness (QED) is 0.908. The van der Waals surface area contributed by atoms with Crippen LogP contribution >= 0.6 is 22.9 Å². The average Bonchev–Trinajstić information content (AvgIpc) is 2.91. The first kappa shape index (κ1) is 12.0. The van der Waals surface area contributed by atoms with Crippen molar-refractivity contribution in [1.82, 2.24) is 0 Å². The molecule has 1 aliphatic rings. The monoisotopic (exact) mass is 279 g/mol. The van der Waals surface area contributed by atoms with Gasteiger partial charge in [0.05, 0.1) is 11.1 Å². The molecular weight excluding hydrogens is 266 g/mol. The Bertz CT molecular complexity index is 581. The van der Waals surface area contributed by atoms with Crippen LogP contribution in [0.4, 0.5) is 0 Å². The molecule has 2 aromatic rings. The Hall–Kier alpha value is -1.03.